The summed E-state index contributed by atoms with van der Waals surface area (Å²) in [5, 5.41) is 0. The normalized spacial score (nSPS) is 15.3. The van der Waals surface area contributed by atoms with Gasteiger partial charge in [0.2, 0.25) is 0 Å². The molecule has 2 heteroatoms. The van der Waals surface area contributed by atoms with E-state index in [1.807, 2.05) is 27.7 Å². The predicted octanol–water partition coefficient (Wildman–Crippen LogP) is 3.87. The maximum absolute atomic E-state index is 4.50. The molecule has 0 spiro atoms. The van der Waals surface area contributed by atoms with E-state index in [1.54, 1.807) is 0 Å². The highest BCUT2D eigenvalue weighted by Gasteiger charge is 2.21. The Bertz CT molecular complexity index is 244. The number of anilines is 1. The number of nitrogens with zero attached hydrogens (tertiary/aromatic N) is 1. The molecule has 2 N–H and O–H groups in total. The molecular formula is C15H30N2. The van der Waals surface area contributed by atoms with E-state index in [4.69, 9.17) is 0 Å². The fourth-order valence-electron chi connectivity index (χ4n) is 1.86. The number of rotatable bonds is 0. The molecule has 0 amide bonds. The van der Waals surface area contributed by atoms with Crippen LogP contribution in [0.15, 0.2) is 24.3 Å². The van der Waals surface area contributed by atoms with Crippen molar-refractivity contribution in [3.8, 4) is 0 Å². The van der Waals surface area contributed by atoms with E-state index in [0.29, 0.717) is 5.92 Å². The zero-order chi connectivity index (χ0) is 13.8. The number of nitrogens with two attached hydrogens (primary N) is 1. The van der Waals surface area contributed by atoms with Gasteiger partial charge in [0.15, 0.2) is 0 Å². The number of fused-ring (bicyclic) bond motifs is 1. The van der Waals surface area contributed by atoms with Crippen molar-refractivity contribution < 1.29 is 0 Å². The molecule has 0 saturated heterocycles. The molecule has 0 aromatic heterocycles. The molecule has 0 saturated carbocycles. The fraction of sp³-hybridized carbons (Fsp3) is 0.600. The van der Waals surface area contributed by atoms with Crippen molar-refractivity contribution in [3.63, 3.8) is 0 Å². The first-order chi connectivity index (χ1) is 8.29. The molecule has 2 nitrogen and oxygen atoms in total. The summed E-state index contributed by atoms with van der Waals surface area (Å²) in [6.07, 6.45) is 0. The lowest BCUT2D eigenvalue weighted by Crippen LogP contribution is -2.13. The highest BCUT2D eigenvalue weighted by atomic mass is 15.1. The van der Waals surface area contributed by atoms with Gasteiger partial charge in [0.25, 0.3) is 0 Å². The van der Waals surface area contributed by atoms with E-state index in [-0.39, 0.29) is 0 Å². The highest BCUT2D eigenvalue weighted by molar-refractivity contribution is 5.59. The molecule has 0 bridgehead atoms. The minimum atomic E-state index is 0.705. The summed E-state index contributed by atoms with van der Waals surface area (Å²) >= 11 is 0. The standard InChI is InChI=1S/C10H13N.2C2H6.CH5N/c1-8-7-11(2)10-6-4-3-5-9(8)10;3*1-2/h3-6,8H,7H2,1-2H3;2*1-2H3;2H2,1H3. The summed E-state index contributed by atoms with van der Waals surface area (Å²) in [6, 6.07) is 8.64. The van der Waals surface area contributed by atoms with Crippen molar-refractivity contribution in [2.24, 2.45) is 5.73 Å². The largest absolute Gasteiger partial charge is 0.374 e. The van der Waals surface area contributed by atoms with Crippen molar-refractivity contribution >= 4 is 5.69 Å². The van der Waals surface area contributed by atoms with Crippen molar-refractivity contribution in [3.05, 3.63) is 29.8 Å². The zero-order valence-corrected chi connectivity index (χ0v) is 12.6. The van der Waals surface area contributed by atoms with Crippen molar-refractivity contribution in [1.82, 2.24) is 0 Å². The van der Waals surface area contributed by atoms with Gasteiger partial charge in [0, 0.05) is 25.2 Å². The number of hydrogen-bond donors (Lipinski definition) is 1. The third-order valence-electron chi connectivity index (χ3n) is 2.43. The second-order valence-corrected chi connectivity index (χ2v) is 3.34. The molecule has 1 atom stereocenters. The van der Waals surface area contributed by atoms with E-state index in [2.05, 4.69) is 48.9 Å². The smallest absolute Gasteiger partial charge is 0.0399 e. The first-order valence-corrected chi connectivity index (χ1v) is 6.67. The fourth-order valence-corrected chi connectivity index (χ4v) is 1.86. The third kappa shape index (κ3) is 5.22. The Morgan fingerprint density at radius 1 is 1.06 bits per heavy atom. The van der Waals surface area contributed by atoms with Crippen LogP contribution in [0.5, 0.6) is 0 Å². The Labute approximate surface area is 108 Å². The third-order valence-corrected chi connectivity index (χ3v) is 2.43. The lowest BCUT2D eigenvalue weighted by molar-refractivity contribution is 0.796. The molecule has 0 aliphatic carbocycles. The lowest BCUT2D eigenvalue weighted by Gasteiger charge is -2.10. The summed E-state index contributed by atoms with van der Waals surface area (Å²) in [5.74, 6) is 0.705. The molecule has 1 aromatic carbocycles. The molecule has 1 aromatic rings. The van der Waals surface area contributed by atoms with Crippen LogP contribution in [0.25, 0.3) is 0 Å². The van der Waals surface area contributed by atoms with Crippen molar-refractivity contribution in [2.75, 3.05) is 25.5 Å². The molecule has 17 heavy (non-hydrogen) atoms. The first-order valence-electron chi connectivity index (χ1n) is 6.67. The van der Waals surface area contributed by atoms with Gasteiger partial charge in [-0.15, -0.1) is 0 Å². The van der Waals surface area contributed by atoms with Crippen LogP contribution in [0.4, 0.5) is 5.69 Å². The van der Waals surface area contributed by atoms with Gasteiger partial charge in [0.05, 0.1) is 0 Å². The second kappa shape index (κ2) is 11.5. The number of likely N-dealkylation sites (N-methyl/N-ethyl adjacent to an activating group) is 1. The van der Waals surface area contributed by atoms with E-state index in [1.165, 1.54) is 24.8 Å². The molecule has 1 unspecified atom stereocenters. The average molecular weight is 238 g/mol. The molecule has 100 valence electrons. The maximum atomic E-state index is 4.50. The monoisotopic (exact) mass is 238 g/mol. The molecule has 1 aliphatic heterocycles. The van der Waals surface area contributed by atoms with Gasteiger partial charge < -0.3 is 10.6 Å². The van der Waals surface area contributed by atoms with Crippen LogP contribution in [0.1, 0.15) is 46.1 Å². The molecule has 0 radical (unpaired) electrons. The minimum absolute atomic E-state index is 0.705. The topological polar surface area (TPSA) is 29.3 Å². The van der Waals surface area contributed by atoms with Gasteiger partial charge in [-0.2, -0.15) is 0 Å². The predicted molar refractivity (Wildman–Crippen MR) is 80.9 cm³/mol. The average Bonchev–Trinajstić information content (AvgIpc) is 2.73. The lowest BCUT2D eigenvalue weighted by atomic mass is 10.0. The van der Waals surface area contributed by atoms with E-state index in [0.717, 1.165) is 0 Å². The summed E-state index contributed by atoms with van der Waals surface area (Å²) in [7, 11) is 3.66. The highest BCUT2D eigenvalue weighted by Crippen LogP contribution is 2.33. The van der Waals surface area contributed by atoms with Crippen LogP contribution >= 0.6 is 0 Å². The van der Waals surface area contributed by atoms with Gasteiger partial charge in [0.1, 0.15) is 0 Å². The van der Waals surface area contributed by atoms with Gasteiger partial charge >= 0.3 is 0 Å². The van der Waals surface area contributed by atoms with Crippen LogP contribution in [-0.2, 0) is 0 Å². The SMILES string of the molecule is CC.CC.CC1CN(C)c2ccccc21.CN. The second-order valence-electron chi connectivity index (χ2n) is 3.34. The Balaban J connectivity index is 0. The zero-order valence-electron chi connectivity index (χ0n) is 12.6. The quantitative estimate of drug-likeness (QED) is 0.743. The van der Waals surface area contributed by atoms with Gasteiger partial charge in [-0.3, -0.25) is 0 Å². The van der Waals surface area contributed by atoms with Crippen LogP contribution in [-0.4, -0.2) is 20.6 Å². The maximum Gasteiger partial charge on any atom is 0.0399 e. The Kier molecular flexibility index (Phi) is 12.4. The molecule has 0 fully saturated rings. The van der Waals surface area contributed by atoms with E-state index < -0.39 is 0 Å². The number of hydrogen-bond acceptors (Lipinski definition) is 2. The van der Waals surface area contributed by atoms with Gasteiger partial charge in [-0.1, -0.05) is 52.8 Å². The molecule has 2 rings (SSSR count). The summed E-state index contributed by atoms with van der Waals surface area (Å²) in [4.78, 5) is 2.32. The number of benzene rings is 1. The Morgan fingerprint density at radius 2 is 1.53 bits per heavy atom. The Morgan fingerprint density at radius 3 is 2.00 bits per heavy atom. The molecule has 1 heterocycles. The van der Waals surface area contributed by atoms with Crippen LogP contribution in [0, 0.1) is 0 Å². The summed E-state index contributed by atoms with van der Waals surface area (Å²) in [6.45, 7) is 11.4. The summed E-state index contributed by atoms with van der Waals surface area (Å²) < 4.78 is 0. The van der Waals surface area contributed by atoms with Crippen LogP contribution < -0.4 is 10.6 Å². The molecular weight excluding hydrogens is 208 g/mol. The van der Waals surface area contributed by atoms with E-state index >= 15 is 0 Å². The number of para-hydroxylation sites is 1. The minimum Gasteiger partial charge on any atom is -0.374 e. The molecule has 1 aliphatic rings. The first kappa shape index (κ1) is 18.3. The van der Waals surface area contributed by atoms with Gasteiger partial charge in [-0.05, 0) is 18.7 Å². The summed E-state index contributed by atoms with van der Waals surface area (Å²) in [5.41, 5.74) is 7.40. The van der Waals surface area contributed by atoms with Crippen molar-refractivity contribution in [1.29, 1.82) is 0 Å². The van der Waals surface area contributed by atoms with Gasteiger partial charge in [-0.25, -0.2) is 0 Å². The van der Waals surface area contributed by atoms with Crippen molar-refractivity contribution in [2.45, 2.75) is 40.5 Å². The van der Waals surface area contributed by atoms with Crippen LogP contribution in [0.3, 0.4) is 0 Å². The van der Waals surface area contributed by atoms with E-state index in [9.17, 15) is 0 Å². The van der Waals surface area contributed by atoms with Crippen LogP contribution in [0.2, 0.25) is 0 Å². The Hall–Kier alpha value is -1.02.